The van der Waals surface area contributed by atoms with Gasteiger partial charge in [-0.25, -0.2) is 0 Å². The lowest BCUT2D eigenvalue weighted by atomic mass is 10.1. The van der Waals surface area contributed by atoms with Crippen LogP contribution in [0.25, 0.3) is 6.08 Å². The van der Waals surface area contributed by atoms with Crippen molar-refractivity contribution >= 4 is 67.8 Å². The molecule has 0 saturated carbocycles. The van der Waals surface area contributed by atoms with Crippen LogP contribution in [0.4, 0.5) is 0 Å². The quantitative estimate of drug-likeness (QED) is 0.371. The first-order valence-electron chi connectivity index (χ1n) is 8.39. The Kier molecular flexibility index (Phi) is 7.54. The molecule has 0 aromatic heterocycles. The third-order valence-electron chi connectivity index (χ3n) is 3.96. The van der Waals surface area contributed by atoms with Crippen molar-refractivity contribution in [2.24, 2.45) is 0 Å². The van der Waals surface area contributed by atoms with E-state index in [0.717, 1.165) is 15.6 Å². The molecule has 0 atom stereocenters. The molecule has 1 saturated heterocycles. The summed E-state index contributed by atoms with van der Waals surface area (Å²) < 4.78 is 12.5. The Morgan fingerprint density at radius 2 is 2.00 bits per heavy atom. The van der Waals surface area contributed by atoms with Gasteiger partial charge in [0.15, 0.2) is 0 Å². The molecule has 0 bridgehead atoms. The number of ether oxygens (including phenoxy) is 2. The molecule has 28 heavy (non-hydrogen) atoms. The third kappa shape index (κ3) is 5.36. The molecule has 0 aliphatic carbocycles. The van der Waals surface area contributed by atoms with Gasteiger partial charge in [-0.05, 0) is 42.0 Å². The summed E-state index contributed by atoms with van der Waals surface area (Å²) in [6.45, 7) is 1.28. The molecule has 1 amide bonds. The van der Waals surface area contributed by atoms with Gasteiger partial charge in [0.25, 0.3) is 5.91 Å². The Labute approximate surface area is 187 Å². The van der Waals surface area contributed by atoms with Crippen molar-refractivity contribution in [3.8, 4) is 5.75 Å². The maximum atomic E-state index is 12.7. The Morgan fingerprint density at radius 1 is 1.25 bits per heavy atom. The smallest absolute Gasteiger partial charge is 0.266 e. The van der Waals surface area contributed by atoms with E-state index in [1.54, 1.807) is 12.0 Å². The minimum absolute atomic E-state index is 0.115. The van der Waals surface area contributed by atoms with E-state index in [-0.39, 0.29) is 5.91 Å². The van der Waals surface area contributed by atoms with E-state index in [1.807, 2.05) is 48.5 Å². The summed E-state index contributed by atoms with van der Waals surface area (Å²) in [4.78, 5) is 14.8. The van der Waals surface area contributed by atoms with E-state index < -0.39 is 0 Å². The second-order valence-corrected chi connectivity index (χ2v) is 8.95. The van der Waals surface area contributed by atoms with Gasteiger partial charge >= 0.3 is 0 Å². The zero-order valence-electron chi connectivity index (χ0n) is 15.0. The van der Waals surface area contributed by atoms with Crippen LogP contribution in [0.2, 0.25) is 5.02 Å². The number of carbonyl (C=O) groups excluding carboxylic acids is 1. The Morgan fingerprint density at radius 3 is 2.71 bits per heavy atom. The molecule has 0 unspecified atom stereocenters. The molecule has 0 radical (unpaired) electrons. The average molecular weight is 499 g/mol. The fourth-order valence-electron chi connectivity index (χ4n) is 2.52. The van der Waals surface area contributed by atoms with Gasteiger partial charge in [0.1, 0.15) is 16.7 Å². The fraction of sp³-hybridized carbons (Fsp3) is 0.200. The summed E-state index contributed by atoms with van der Waals surface area (Å²) in [5.74, 6) is 0.566. The van der Waals surface area contributed by atoms with Gasteiger partial charge in [0.2, 0.25) is 0 Å². The molecule has 1 aliphatic heterocycles. The average Bonchev–Trinajstić information content (AvgIpc) is 2.94. The molecular formula is C20H17BrClNO3S2. The summed E-state index contributed by atoms with van der Waals surface area (Å²) in [6.07, 6.45) is 1.81. The van der Waals surface area contributed by atoms with Crippen LogP contribution < -0.4 is 4.74 Å². The molecule has 1 aliphatic rings. The highest BCUT2D eigenvalue weighted by Crippen LogP contribution is 2.35. The highest BCUT2D eigenvalue weighted by molar-refractivity contribution is 9.10. The topological polar surface area (TPSA) is 38.8 Å². The number of methoxy groups -OCH3 is 1. The molecule has 2 aromatic carbocycles. The van der Waals surface area contributed by atoms with E-state index in [9.17, 15) is 4.79 Å². The number of carbonyl (C=O) groups is 1. The summed E-state index contributed by atoms with van der Waals surface area (Å²) in [5.41, 5.74) is 1.81. The van der Waals surface area contributed by atoms with Crippen LogP contribution in [0.1, 0.15) is 11.1 Å². The van der Waals surface area contributed by atoms with Crippen molar-refractivity contribution in [3.05, 3.63) is 68.0 Å². The monoisotopic (exact) mass is 497 g/mol. The van der Waals surface area contributed by atoms with Gasteiger partial charge < -0.3 is 9.47 Å². The van der Waals surface area contributed by atoms with Crippen LogP contribution in [0.3, 0.4) is 0 Å². The maximum Gasteiger partial charge on any atom is 0.266 e. The van der Waals surface area contributed by atoms with Crippen LogP contribution in [-0.4, -0.2) is 35.4 Å². The molecule has 1 heterocycles. The van der Waals surface area contributed by atoms with Crippen LogP contribution in [0.15, 0.2) is 51.8 Å². The van der Waals surface area contributed by atoms with Gasteiger partial charge in [-0.15, -0.1) is 0 Å². The summed E-state index contributed by atoms with van der Waals surface area (Å²) in [7, 11) is 1.60. The lowest BCUT2D eigenvalue weighted by Crippen LogP contribution is -2.31. The number of hydrogen-bond donors (Lipinski definition) is 0. The number of nitrogens with zero attached hydrogens (tertiary/aromatic N) is 1. The number of thiocarbonyl (C=S) groups is 1. The molecule has 3 rings (SSSR count). The molecule has 4 nitrogen and oxygen atoms in total. The highest BCUT2D eigenvalue weighted by atomic mass is 79.9. The van der Waals surface area contributed by atoms with Crippen molar-refractivity contribution < 1.29 is 14.3 Å². The van der Waals surface area contributed by atoms with Crippen molar-refractivity contribution in [1.82, 2.24) is 4.90 Å². The summed E-state index contributed by atoms with van der Waals surface area (Å²) in [6, 6.07) is 13.2. The number of amides is 1. The van der Waals surface area contributed by atoms with Crippen LogP contribution in [0, 0.1) is 0 Å². The lowest BCUT2D eigenvalue weighted by Gasteiger charge is -2.13. The Hall–Kier alpha value is -1.38. The van der Waals surface area contributed by atoms with Gasteiger partial charge in [-0.3, -0.25) is 9.69 Å². The number of thioether (sulfide) groups is 1. The van der Waals surface area contributed by atoms with E-state index in [1.165, 1.54) is 11.8 Å². The van der Waals surface area contributed by atoms with Crippen LogP contribution in [0.5, 0.6) is 5.75 Å². The fourth-order valence-corrected chi connectivity index (χ4v) is 4.33. The normalized spacial score (nSPS) is 15.5. The van der Waals surface area contributed by atoms with E-state index in [2.05, 4.69) is 15.9 Å². The van der Waals surface area contributed by atoms with Gasteiger partial charge in [-0.2, -0.15) is 0 Å². The first kappa shape index (κ1) is 21.3. The van der Waals surface area contributed by atoms with Crippen molar-refractivity contribution in [1.29, 1.82) is 0 Å². The van der Waals surface area contributed by atoms with Crippen molar-refractivity contribution in [2.45, 2.75) is 6.61 Å². The molecule has 0 spiro atoms. The molecule has 0 N–H and O–H groups in total. The Bertz CT molecular complexity index is 918. The van der Waals surface area contributed by atoms with E-state index >= 15 is 0 Å². The molecule has 1 fully saturated rings. The standard InChI is InChI=1S/C20H17BrClNO3S2/c1-25-9-8-23-19(24)18(28-20(23)27)11-14-10-15(21)4-7-17(14)26-12-13-2-5-16(22)6-3-13/h2-7,10-11H,8-9,12H2,1H3. The maximum absolute atomic E-state index is 12.7. The molecule has 146 valence electrons. The molecule has 8 heteroatoms. The minimum atomic E-state index is -0.115. The van der Waals surface area contributed by atoms with Gasteiger partial charge in [0.05, 0.1) is 18.1 Å². The van der Waals surface area contributed by atoms with Gasteiger partial charge in [0, 0.05) is 22.2 Å². The minimum Gasteiger partial charge on any atom is -0.488 e. The molecular weight excluding hydrogens is 482 g/mol. The first-order valence-corrected chi connectivity index (χ1v) is 10.8. The van der Waals surface area contributed by atoms with E-state index in [4.69, 9.17) is 33.3 Å². The molecule has 2 aromatic rings. The highest BCUT2D eigenvalue weighted by Gasteiger charge is 2.31. The summed E-state index contributed by atoms with van der Waals surface area (Å²) in [5, 5.41) is 0.684. The van der Waals surface area contributed by atoms with E-state index in [0.29, 0.717) is 39.8 Å². The predicted molar refractivity (Wildman–Crippen MR) is 122 cm³/mol. The SMILES string of the molecule is COCCN1C(=O)C(=Cc2cc(Br)ccc2OCc2ccc(Cl)cc2)SC1=S. The number of rotatable bonds is 7. The second-order valence-electron chi connectivity index (χ2n) is 5.92. The summed E-state index contributed by atoms with van der Waals surface area (Å²) >= 11 is 16.0. The van der Waals surface area contributed by atoms with Crippen molar-refractivity contribution in [2.75, 3.05) is 20.3 Å². The zero-order chi connectivity index (χ0) is 20.1. The van der Waals surface area contributed by atoms with Crippen LogP contribution >= 0.6 is 51.5 Å². The number of halogens is 2. The lowest BCUT2D eigenvalue weighted by molar-refractivity contribution is -0.122. The van der Waals surface area contributed by atoms with Crippen LogP contribution in [-0.2, 0) is 16.1 Å². The van der Waals surface area contributed by atoms with Gasteiger partial charge in [-0.1, -0.05) is 63.6 Å². The Balaban J connectivity index is 1.80. The number of benzene rings is 2. The second kappa shape index (κ2) is 9.89. The van der Waals surface area contributed by atoms with Crippen molar-refractivity contribution in [3.63, 3.8) is 0 Å². The largest absolute Gasteiger partial charge is 0.488 e. The predicted octanol–water partition coefficient (Wildman–Crippen LogP) is 5.53. The first-order chi connectivity index (χ1) is 13.5. The third-order valence-corrected chi connectivity index (χ3v) is 6.08. The zero-order valence-corrected chi connectivity index (χ0v) is 19.0. The number of hydrogen-bond acceptors (Lipinski definition) is 5.